The average molecular weight is 440 g/mol. The predicted octanol–water partition coefficient (Wildman–Crippen LogP) is 0.425. The number of carbonyl (C=O) groups is 2. The van der Waals surface area contributed by atoms with Crippen molar-refractivity contribution in [1.29, 1.82) is 0 Å². The van der Waals surface area contributed by atoms with Crippen LogP contribution in [0.4, 0.5) is 0 Å². The molecule has 12 heteroatoms. The van der Waals surface area contributed by atoms with Crippen molar-refractivity contribution in [3.8, 4) is 0 Å². The minimum absolute atomic E-state index is 0. The number of nitrogens with one attached hydrogen (secondary N) is 2. The summed E-state index contributed by atoms with van der Waals surface area (Å²) in [7, 11) is 0. The van der Waals surface area contributed by atoms with Gasteiger partial charge in [-0.25, -0.2) is 4.79 Å². The Bertz CT molecular complexity index is 972. The number of rotatable bonds is 6. The monoisotopic (exact) mass is 438 g/mol. The molecule has 0 saturated heterocycles. The third kappa shape index (κ3) is 5.46. The van der Waals surface area contributed by atoms with Gasteiger partial charge in [0.2, 0.25) is 5.91 Å². The van der Waals surface area contributed by atoms with Crippen molar-refractivity contribution in [3.05, 3.63) is 43.0 Å². The molecule has 4 N–H and O–H groups in total. The zero-order valence-corrected chi connectivity index (χ0v) is 16.4. The molecule has 0 radical (unpaired) electrons. The molecule has 9 nitrogen and oxygen atoms in total. The van der Waals surface area contributed by atoms with E-state index in [9.17, 15) is 19.2 Å². The Morgan fingerprint density at radius 3 is 2.63 bits per heavy atom. The van der Waals surface area contributed by atoms with Crippen LogP contribution in [0.3, 0.4) is 0 Å². The molecular formula is C15H17Cl3N4O5. The van der Waals surface area contributed by atoms with Gasteiger partial charge in [0.05, 0.1) is 22.5 Å². The van der Waals surface area contributed by atoms with Gasteiger partial charge in [-0.05, 0) is 19.1 Å². The number of esters is 1. The maximum absolute atomic E-state index is 12.1. The van der Waals surface area contributed by atoms with Gasteiger partial charge in [-0.1, -0.05) is 23.2 Å². The Labute approximate surface area is 169 Å². The molecule has 0 unspecified atom stereocenters. The fourth-order valence-corrected chi connectivity index (χ4v) is 2.82. The number of benzene rings is 1. The summed E-state index contributed by atoms with van der Waals surface area (Å²) >= 11 is 11.9. The largest absolute Gasteiger partial charge is 0.465 e. The van der Waals surface area contributed by atoms with Gasteiger partial charge < -0.3 is 15.8 Å². The van der Waals surface area contributed by atoms with Crippen molar-refractivity contribution in [1.82, 2.24) is 14.9 Å². The van der Waals surface area contributed by atoms with Gasteiger partial charge in [-0.2, -0.15) is 0 Å². The Morgan fingerprint density at radius 1 is 1.33 bits per heavy atom. The Kier molecular flexibility index (Phi) is 8.29. The first-order chi connectivity index (χ1) is 12.2. The maximum Gasteiger partial charge on any atom is 0.329 e. The Hall–Kier alpha value is -2.07. The van der Waals surface area contributed by atoms with Gasteiger partial charge in [-0.15, -0.1) is 12.4 Å². The van der Waals surface area contributed by atoms with Crippen molar-refractivity contribution < 1.29 is 14.3 Å². The van der Waals surface area contributed by atoms with E-state index in [2.05, 4.69) is 10.3 Å². The van der Waals surface area contributed by atoms with Crippen molar-refractivity contribution in [2.45, 2.75) is 19.5 Å². The van der Waals surface area contributed by atoms with E-state index >= 15 is 0 Å². The zero-order chi connectivity index (χ0) is 19.4. The lowest BCUT2D eigenvalue weighted by atomic mass is 10.2. The van der Waals surface area contributed by atoms with E-state index in [0.29, 0.717) is 0 Å². The van der Waals surface area contributed by atoms with Gasteiger partial charge in [0.25, 0.3) is 5.56 Å². The number of aromatic amines is 1. The number of aromatic nitrogens is 2. The van der Waals surface area contributed by atoms with Gasteiger partial charge >= 0.3 is 11.7 Å². The number of carbonyl (C=O) groups excluding carboxylic acids is 2. The number of nitrogens with zero attached hydrogens (tertiary/aromatic N) is 1. The second-order valence-electron chi connectivity index (χ2n) is 5.29. The molecule has 0 saturated carbocycles. The second kappa shape index (κ2) is 9.75. The van der Waals surface area contributed by atoms with E-state index < -0.39 is 35.7 Å². The average Bonchev–Trinajstić information content (AvgIpc) is 2.55. The first kappa shape index (κ1) is 23.0. The predicted molar refractivity (Wildman–Crippen MR) is 104 cm³/mol. The van der Waals surface area contributed by atoms with E-state index in [1.807, 2.05) is 0 Å². The summed E-state index contributed by atoms with van der Waals surface area (Å²) in [5, 5.41) is 2.71. The first-order valence-electron chi connectivity index (χ1n) is 7.55. The molecule has 1 aromatic carbocycles. The number of halogens is 3. The van der Waals surface area contributed by atoms with Crippen LogP contribution in [0, 0.1) is 0 Å². The van der Waals surface area contributed by atoms with Gasteiger partial charge in [0.15, 0.2) is 0 Å². The van der Waals surface area contributed by atoms with Gasteiger partial charge in [0.1, 0.15) is 12.6 Å². The highest BCUT2D eigenvalue weighted by Gasteiger charge is 2.17. The van der Waals surface area contributed by atoms with E-state index in [1.165, 1.54) is 12.1 Å². The molecule has 0 fully saturated rings. The number of H-pyrrole nitrogens is 1. The van der Waals surface area contributed by atoms with Crippen LogP contribution < -0.4 is 22.3 Å². The summed E-state index contributed by atoms with van der Waals surface area (Å²) < 4.78 is 5.74. The molecular weight excluding hydrogens is 423 g/mol. The summed E-state index contributed by atoms with van der Waals surface area (Å²) in [4.78, 5) is 49.7. The zero-order valence-electron chi connectivity index (χ0n) is 14.1. The van der Waals surface area contributed by atoms with E-state index in [-0.39, 0.29) is 46.5 Å². The van der Waals surface area contributed by atoms with Crippen LogP contribution in [0.2, 0.25) is 10.0 Å². The van der Waals surface area contributed by atoms with Gasteiger partial charge in [0, 0.05) is 11.6 Å². The van der Waals surface area contributed by atoms with E-state index in [4.69, 9.17) is 33.7 Å². The number of nitrogens with two attached hydrogens (primary N) is 1. The second-order valence-corrected chi connectivity index (χ2v) is 6.13. The number of fused-ring (bicyclic) bond motifs is 1. The number of amides is 1. The summed E-state index contributed by atoms with van der Waals surface area (Å²) in [6.07, 6.45) is 0. The fraction of sp³-hybridized carbons (Fsp3) is 0.333. The quantitative estimate of drug-likeness (QED) is 0.558. The standard InChI is InChI=1S/C15H16Cl2N4O5.ClH/c1-2-26-14(24)9(18)5-19-11(22)6-21-10-4-7(16)3-8(17)12(10)13(23)20-15(21)25;/h3-4,9H,2,5-6,18H2,1H3,(H,19,22)(H,20,23,25);1H/t9-;/m0./s1. The summed E-state index contributed by atoms with van der Waals surface area (Å²) in [6, 6.07) is 1.68. The van der Waals surface area contributed by atoms with E-state index in [0.717, 1.165) is 4.57 Å². The summed E-state index contributed by atoms with van der Waals surface area (Å²) in [6.45, 7) is 1.20. The molecule has 0 bridgehead atoms. The van der Waals surface area contributed by atoms with Crippen LogP contribution in [0.1, 0.15) is 6.92 Å². The van der Waals surface area contributed by atoms with Crippen LogP contribution in [-0.2, 0) is 20.9 Å². The van der Waals surface area contributed by atoms with Crippen LogP contribution in [-0.4, -0.2) is 40.6 Å². The SMILES string of the molecule is CCOC(=O)[C@@H](N)CNC(=O)Cn1c(=O)[nH]c(=O)c2c(Cl)cc(Cl)cc21.Cl. The highest BCUT2D eigenvalue weighted by molar-refractivity contribution is 6.38. The van der Waals surface area contributed by atoms with Crippen molar-refractivity contribution in [3.63, 3.8) is 0 Å². The lowest BCUT2D eigenvalue weighted by molar-refractivity contribution is -0.144. The first-order valence-corrected chi connectivity index (χ1v) is 8.31. The molecule has 2 aromatic rings. The van der Waals surface area contributed by atoms with Crippen molar-refractivity contribution >= 4 is 58.4 Å². The smallest absolute Gasteiger partial charge is 0.329 e. The molecule has 27 heavy (non-hydrogen) atoms. The summed E-state index contributed by atoms with van der Waals surface area (Å²) in [5.74, 6) is -1.26. The normalized spacial score (nSPS) is 11.6. The fourth-order valence-electron chi connectivity index (χ4n) is 2.25. The summed E-state index contributed by atoms with van der Waals surface area (Å²) in [5.41, 5.74) is 4.21. The van der Waals surface area contributed by atoms with Gasteiger partial charge in [-0.3, -0.25) is 23.9 Å². The number of hydrogen-bond acceptors (Lipinski definition) is 6. The lowest BCUT2D eigenvalue weighted by Crippen LogP contribution is -2.45. The minimum atomic E-state index is -1.04. The van der Waals surface area contributed by atoms with E-state index in [1.54, 1.807) is 6.92 Å². The van der Waals surface area contributed by atoms with Crippen LogP contribution >= 0.6 is 35.6 Å². The molecule has 0 aliphatic rings. The van der Waals surface area contributed by atoms with Crippen molar-refractivity contribution in [2.24, 2.45) is 5.73 Å². The highest BCUT2D eigenvalue weighted by atomic mass is 35.5. The highest BCUT2D eigenvalue weighted by Crippen LogP contribution is 2.24. The molecule has 1 heterocycles. The molecule has 0 spiro atoms. The molecule has 0 aliphatic carbocycles. The lowest BCUT2D eigenvalue weighted by Gasteiger charge is -2.13. The molecule has 0 aliphatic heterocycles. The van der Waals surface area contributed by atoms with Crippen LogP contribution in [0.15, 0.2) is 21.7 Å². The third-order valence-electron chi connectivity index (χ3n) is 3.43. The molecule has 1 atom stereocenters. The van der Waals surface area contributed by atoms with Crippen LogP contribution in [0.25, 0.3) is 10.9 Å². The molecule has 1 amide bonds. The molecule has 148 valence electrons. The maximum atomic E-state index is 12.1. The number of hydrogen-bond donors (Lipinski definition) is 3. The Balaban J connectivity index is 0.00000364. The Morgan fingerprint density at radius 2 is 2.00 bits per heavy atom. The minimum Gasteiger partial charge on any atom is -0.465 e. The van der Waals surface area contributed by atoms with Crippen molar-refractivity contribution in [2.75, 3.05) is 13.2 Å². The topological polar surface area (TPSA) is 136 Å². The number of ether oxygens (including phenoxy) is 1. The van der Waals surface area contributed by atoms with Crippen LogP contribution in [0.5, 0.6) is 0 Å². The molecule has 1 aromatic heterocycles. The molecule has 2 rings (SSSR count). The third-order valence-corrected chi connectivity index (χ3v) is 3.94.